The van der Waals surface area contributed by atoms with Crippen LogP contribution < -0.4 is 4.74 Å². The summed E-state index contributed by atoms with van der Waals surface area (Å²) in [7, 11) is -4.93. The number of benzene rings is 1. The van der Waals surface area contributed by atoms with Crippen LogP contribution in [0.15, 0.2) is 21.0 Å². The summed E-state index contributed by atoms with van der Waals surface area (Å²) in [5.74, 6) is 0.0260. The van der Waals surface area contributed by atoms with E-state index in [0.29, 0.717) is 16.9 Å². The third kappa shape index (κ3) is 8.12. The Labute approximate surface area is 227 Å². The van der Waals surface area contributed by atoms with Gasteiger partial charge in [0.1, 0.15) is 26.7 Å². The summed E-state index contributed by atoms with van der Waals surface area (Å²) < 4.78 is 113. The Balaban J connectivity index is 2.62. The maximum absolute atomic E-state index is 15.6. The lowest BCUT2D eigenvalue weighted by Crippen LogP contribution is -2.25. The monoisotopic (exact) mass is 655 g/mol. The van der Waals surface area contributed by atoms with Crippen LogP contribution in [-0.2, 0) is 30.6 Å². The van der Waals surface area contributed by atoms with E-state index < -0.39 is 46.8 Å². The van der Waals surface area contributed by atoms with Crippen molar-refractivity contribution in [3.8, 4) is 5.75 Å². The first-order valence-corrected chi connectivity index (χ1v) is 15.4. The van der Waals surface area contributed by atoms with Gasteiger partial charge in [-0.3, -0.25) is 4.57 Å². The average molecular weight is 656 g/mol. The maximum atomic E-state index is 15.6. The van der Waals surface area contributed by atoms with E-state index >= 15 is 8.78 Å². The summed E-state index contributed by atoms with van der Waals surface area (Å²) >= 11 is 2.09. The fourth-order valence-electron chi connectivity index (χ4n) is 2.92. The summed E-state index contributed by atoms with van der Waals surface area (Å²) in [5.41, 5.74) is -3.72. The maximum Gasteiger partial charge on any atom is 0.405 e. The van der Waals surface area contributed by atoms with Crippen LogP contribution in [0.3, 0.4) is 0 Å². The van der Waals surface area contributed by atoms with Crippen molar-refractivity contribution < 1.29 is 44.9 Å². The molecule has 0 spiro atoms. The topological polar surface area (TPSA) is 80.2 Å². The average Bonchev–Trinajstić information content (AvgIpc) is 3.11. The molecule has 2 rings (SSSR count). The van der Waals surface area contributed by atoms with E-state index in [0.717, 1.165) is 0 Å². The molecule has 210 valence electrons. The number of halogens is 6. The smallest absolute Gasteiger partial charge is 0.405 e. The second kappa shape index (κ2) is 12.6. The van der Waals surface area contributed by atoms with Gasteiger partial charge in [0.15, 0.2) is 0 Å². The highest BCUT2D eigenvalue weighted by Crippen LogP contribution is 2.69. The van der Waals surface area contributed by atoms with Crippen LogP contribution in [0.25, 0.3) is 10.1 Å². The van der Waals surface area contributed by atoms with Gasteiger partial charge in [-0.1, -0.05) is 4.40 Å². The second-order valence-corrected chi connectivity index (χ2v) is 14.5. The molecule has 0 fully saturated rings. The van der Waals surface area contributed by atoms with Crippen molar-refractivity contribution in [2.24, 2.45) is 4.40 Å². The van der Waals surface area contributed by atoms with Gasteiger partial charge in [0.25, 0.3) is 0 Å². The number of hydrogen-bond acceptors (Lipinski definition) is 7. The minimum Gasteiger partial charge on any atom is -0.591 e. The van der Waals surface area contributed by atoms with Crippen molar-refractivity contribution in [3.63, 3.8) is 0 Å². The first kappa shape index (κ1) is 32.5. The normalized spacial score (nSPS) is 14.6. The van der Waals surface area contributed by atoms with Crippen LogP contribution in [0, 0.1) is 0 Å². The van der Waals surface area contributed by atoms with Gasteiger partial charge in [0.2, 0.25) is 0 Å². The molecule has 1 aromatic heterocycles. The van der Waals surface area contributed by atoms with Crippen LogP contribution in [0.1, 0.15) is 57.9 Å². The molecule has 0 aliphatic heterocycles. The van der Waals surface area contributed by atoms with Crippen molar-refractivity contribution in [1.82, 2.24) is 0 Å². The molecule has 0 saturated carbocycles. The number of nitrogens with zero attached hydrogens (tertiary/aromatic N) is 1. The van der Waals surface area contributed by atoms with Gasteiger partial charge in [-0.15, -0.1) is 11.3 Å². The molecule has 0 saturated heterocycles. The van der Waals surface area contributed by atoms with E-state index in [1.54, 1.807) is 20.8 Å². The van der Waals surface area contributed by atoms with Crippen molar-refractivity contribution in [2.45, 2.75) is 64.0 Å². The highest BCUT2D eigenvalue weighted by molar-refractivity contribution is 9.10. The lowest BCUT2D eigenvalue weighted by atomic mass is 10.1. The van der Waals surface area contributed by atoms with Gasteiger partial charge in [-0.2, -0.15) is 22.0 Å². The molecule has 1 aromatic carbocycles. The first-order chi connectivity index (χ1) is 17.0. The Morgan fingerprint density at radius 1 is 1.14 bits per heavy atom. The number of ether oxygens (including phenoxy) is 1. The van der Waals surface area contributed by atoms with Gasteiger partial charge in [0.05, 0.1) is 30.7 Å². The second-order valence-electron chi connectivity index (χ2n) is 8.68. The molecule has 0 bridgehead atoms. The van der Waals surface area contributed by atoms with Crippen molar-refractivity contribution in [3.05, 3.63) is 27.0 Å². The zero-order valence-electron chi connectivity index (χ0n) is 20.8. The molecule has 15 heteroatoms. The van der Waals surface area contributed by atoms with Gasteiger partial charge in [-0.05, 0) is 69.1 Å². The third-order valence-corrected chi connectivity index (χ3v) is 10.6. The van der Waals surface area contributed by atoms with Crippen LogP contribution in [0.2, 0.25) is 0 Å². The van der Waals surface area contributed by atoms with Crippen LogP contribution in [-0.4, -0.2) is 41.5 Å². The molecule has 0 aliphatic carbocycles. The highest BCUT2D eigenvalue weighted by Gasteiger charge is 2.57. The Morgan fingerprint density at radius 3 is 2.24 bits per heavy atom. The lowest BCUT2D eigenvalue weighted by Gasteiger charge is -2.25. The molecular formula is C22H28BrF5NO5PS2. The molecule has 0 N–H and O–H groups in total. The third-order valence-electron chi connectivity index (χ3n) is 4.62. The molecule has 1 atom stereocenters. The number of thiophene rings is 1. The Morgan fingerprint density at radius 2 is 1.73 bits per heavy atom. The van der Waals surface area contributed by atoms with Crippen molar-refractivity contribution >= 4 is 62.5 Å². The molecule has 0 radical (unpaired) electrons. The van der Waals surface area contributed by atoms with E-state index in [2.05, 4.69) is 20.3 Å². The zero-order valence-corrected chi connectivity index (χ0v) is 24.9. The molecule has 0 aliphatic rings. The predicted octanol–water partition coefficient (Wildman–Crippen LogP) is 8.58. The highest BCUT2D eigenvalue weighted by atomic mass is 79.9. The number of fused-ring (bicyclic) bond motifs is 1. The summed E-state index contributed by atoms with van der Waals surface area (Å²) in [6.45, 7) is 7.07. The minimum atomic E-state index is -4.93. The van der Waals surface area contributed by atoms with Crippen molar-refractivity contribution in [1.29, 1.82) is 0 Å². The molecule has 0 amide bonds. The van der Waals surface area contributed by atoms with E-state index in [1.807, 2.05) is 0 Å². The largest absolute Gasteiger partial charge is 0.591 e. The van der Waals surface area contributed by atoms with Crippen LogP contribution in [0.4, 0.5) is 22.0 Å². The number of rotatable bonds is 12. The van der Waals surface area contributed by atoms with E-state index in [4.69, 9.17) is 13.8 Å². The van der Waals surface area contributed by atoms with Gasteiger partial charge < -0.3 is 18.3 Å². The fraction of sp³-hybridized carbons (Fsp3) is 0.591. The van der Waals surface area contributed by atoms with E-state index in [9.17, 15) is 22.3 Å². The summed E-state index contributed by atoms with van der Waals surface area (Å²) in [5, 5.41) is 0.218. The number of alkyl halides is 5. The van der Waals surface area contributed by atoms with Gasteiger partial charge in [0, 0.05) is 21.8 Å². The Hall–Kier alpha value is -0.760. The molecule has 1 heterocycles. The van der Waals surface area contributed by atoms with Crippen molar-refractivity contribution in [2.75, 3.05) is 19.8 Å². The lowest BCUT2D eigenvalue weighted by molar-refractivity contribution is -0.136. The summed E-state index contributed by atoms with van der Waals surface area (Å²) in [4.78, 5) is -0.653. The SMILES string of the molecule is CCOP(=O)(OCC)C(F)(F)c1sc2c(OCCCC(F)(F)F)cc(/C=N/[S+]([O-])C(C)(C)C)cc2c1Br. The van der Waals surface area contributed by atoms with Crippen LogP contribution >= 0.6 is 34.9 Å². The molecule has 1 unspecified atom stereocenters. The quantitative estimate of drug-likeness (QED) is 0.0752. The standard InChI is InChI=1S/C22H28BrF5NO5PS2/c1-6-33-35(30,34-7-2)22(27,28)19-17(23)15-11-14(13-29-37(31)20(3,4)5)12-16(18(15)36-19)32-10-8-9-21(24,25)26/h11-13H,6-10H2,1-5H3/b29-13+. The predicted molar refractivity (Wildman–Crippen MR) is 141 cm³/mol. The molecule has 2 aromatic rings. The molecule has 6 nitrogen and oxygen atoms in total. The fourth-order valence-corrected chi connectivity index (χ4v) is 7.47. The van der Waals surface area contributed by atoms with E-state index in [1.165, 1.54) is 32.2 Å². The first-order valence-electron chi connectivity index (χ1n) is 11.2. The van der Waals surface area contributed by atoms with Gasteiger partial charge in [-0.25, -0.2) is 0 Å². The molecular weight excluding hydrogens is 628 g/mol. The zero-order chi connectivity index (χ0) is 28.2. The molecule has 37 heavy (non-hydrogen) atoms. The van der Waals surface area contributed by atoms with E-state index in [-0.39, 0.29) is 46.5 Å². The minimum absolute atomic E-state index is 0.0260. The summed E-state index contributed by atoms with van der Waals surface area (Å²) in [6.07, 6.45) is -4.52. The number of hydrogen-bond donors (Lipinski definition) is 0. The Kier molecular flexibility index (Phi) is 11.1. The summed E-state index contributed by atoms with van der Waals surface area (Å²) in [6, 6.07) is 2.89. The Bertz CT molecular complexity index is 1140. The van der Waals surface area contributed by atoms with Crippen LogP contribution in [0.5, 0.6) is 5.75 Å². The van der Waals surface area contributed by atoms with Gasteiger partial charge >= 0.3 is 19.4 Å².